The van der Waals surface area contributed by atoms with Crippen LogP contribution in [0.25, 0.3) is 0 Å². The number of halogens is 4. The van der Waals surface area contributed by atoms with Crippen molar-refractivity contribution in [1.82, 2.24) is 5.32 Å². The number of hydrogen-bond donors (Lipinski definition) is 1. The summed E-state index contributed by atoms with van der Waals surface area (Å²) < 4.78 is 39.2. The minimum absolute atomic E-state index is 0.266. The minimum Gasteiger partial charge on any atom is -0.309 e. The van der Waals surface area contributed by atoms with Crippen LogP contribution in [-0.4, -0.2) is 7.05 Å². The van der Waals surface area contributed by atoms with Gasteiger partial charge >= 0.3 is 6.18 Å². The van der Waals surface area contributed by atoms with Crippen molar-refractivity contribution in [2.45, 2.75) is 19.1 Å². The molecule has 0 aliphatic rings. The maximum atomic E-state index is 12.9. The standard InChI is InChI=1S/C14H13BrF3NS/c1-8-10(5-6-20-8)13(19-2)11-7-9(14(16,17)18)3-4-12(11)15/h3-7,13,19H,1-2H3. The molecule has 1 unspecified atom stereocenters. The lowest BCUT2D eigenvalue weighted by Gasteiger charge is -2.20. The van der Waals surface area contributed by atoms with Crippen molar-refractivity contribution in [1.29, 1.82) is 0 Å². The lowest BCUT2D eigenvalue weighted by Crippen LogP contribution is -2.19. The predicted octanol–water partition coefficient (Wildman–Crippen LogP) is 5.15. The van der Waals surface area contributed by atoms with Gasteiger partial charge in [-0.15, -0.1) is 11.3 Å². The molecule has 0 bridgehead atoms. The van der Waals surface area contributed by atoms with Crippen molar-refractivity contribution in [3.63, 3.8) is 0 Å². The first kappa shape index (κ1) is 15.5. The fourth-order valence-electron chi connectivity index (χ4n) is 2.11. The molecule has 0 amide bonds. The molecular weight excluding hydrogens is 351 g/mol. The fraction of sp³-hybridized carbons (Fsp3) is 0.286. The third kappa shape index (κ3) is 3.07. The Bertz CT molecular complexity index is 607. The second kappa shape index (κ2) is 5.87. The van der Waals surface area contributed by atoms with E-state index in [1.807, 2.05) is 18.4 Å². The molecule has 0 radical (unpaired) electrons. The minimum atomic E-state index is -4.34. The van der Waals surface area contributed by atoms with Gasteiger partial charge in [-0.05, 0) is 54.7 Å². The summed E-state index contributed by atoms with van der Waals surface area (Å²) in [5.41, 5.74) is 0.949. The summed E-state index contributed by atoms with van der Waals surface area (Å²) in [6.07, 6.45) is -4.34. The molecule has 1 N–H and O–H groups in total. The van der Waals surface area contributed by atoms with E-state index in [-0.39, 0.29) is 6.04 Å². The topological polar surface area (TPSA) is 12.0 Å². The van der Waals surface area contributed by atoms with Crippen LogP contribution in [0.4, 0.5) is 13.2 Å². The third-order valence-electron chi connectivity index (χ3n) is 3.13. The van der Waals surface area contributed by atoms with Gasteiger partial charge in [0.05, 0.1) is 11.6 Å². The normalized spacial score (nSPS) is 13.5. The molecule has 0 fully saturated rings. The van der Waals surface area contributed by atoms with Gasteiger partial charge in [0.2, 0.25) is 0 Å². The second-order valence-corrected chi connectivity index (χ2v) is 6.36. The molecule has 1 nitrogen and oxygen atoms in total. The molecule has 20 heavy (non-hydrogen) atoms. The summed E-state index contributed by atoms with van der Waals surface area (Å²) in [5.74, 6) is 0. The Morgan fingerprint density at radius 3 is 2.40 bits per heavy atom. The number of benzene rings is 1. The van der Waals surface area contributed by atoms with E-state index in [4.69, 9.17) is 0 Å². The molecule has 6 heteroatoms. The second-order valence-electron chi connectivity index (χ2n) is 4.39. The van der Waals surface area contributed by atoms with E-state index in [9.17, 15) is 13.2 Å². The highest BCUT2D eigenvalue weighted by Crippen LogP contribution is 2.37. The Morgan fingerprint density at radius 1 is 1.20 bits per heavy atom. The number of nitrogens with one attached hydrogen (secondary N) is 1. The third-order valence-corrected chi connectivity index (χ3v) is 4.72. The quantitative estimate of drug-likeness (QED) is 0.795. The zero-order chi connectivity index (χ0) is 14.9. The van der Waals surface area contributed by atoms with Crippen LogP contribution in [0, 0.1) is 6.92 Å². The summed E-state index contributed by atoms with van der Waals surface area (Å²) in [6, 6.07) is 5.40. The Morgan fingerprint density at radius 2 is 1.90 bits per heavy atom. The van der Waals surface area contributed by atoms with Gasteiger partial charge in [-0.3, -0.25) is 0 Å². The van der Waals surface area contributed by atoms with Crippen molar-refractivity contribution in [2.24, 2.45) is 0 Å². The molecule has 1 aromatic carbocycles. The molecule has 1 atom stereocenters. The highest BCUT2D eigenvalue weighted by Gasteiger charge is 2.32. The van der Waals surface area contributed by atoms with Gasteiger partial charge in [-0.2, -0.15) is 13.2 Å². The first-order chi connectivity index (χ1) is 9.34. The number of aryl methyl sites for hydroxylation is 1. The SMILES string of the molecule is CNC(c1cc(C(F)(F)F)ccc1Br)c1ccsc1C. The van der Waals surface area contributed by atoms with Gasteiger partial charge in [0.15, 0.2) is 0 Å². The van der Waals surface area contributed by atoms with Crippen LogP contribution in [-0.2, 0) is 6.18 Å². The van der Waals surface area contributed by atoms with Crippen LogP contribution in [0.5, 0.6) is 0 Å². The Balaban J connectivity index is 2.52. The zero-order valence-corrected chi connectivity index (χ0v) is 13.3. The monoisotopic (exact) mass is 363 g/mol. The number of hydrogen-bond acceptors (Lipinski definition) is 2. The average Bonchev–Trinajstić information content (AvgIpc) is 2.78. The molecule has 0 spiro atoms. The van der Waals surface area contributed by atoms with Crippen molar-refractivity contribution in [3.8, 4) is 0 Å². The van der Waals surface area contributed by atoms with E-state index >= 15 is 0 Å². The Hall–Kier alpha value is -0.850. The van der Waals surface area contributed by atoms with E-state index in [0.717, 1.165) is 16.5 Å². The predicted molar refractivity (Wildman–Crippen MR) is 79.1 cm³/mol. The van der Waals surface area contributed by atoms with Crippen molar-refractivity contribution < 1.29 is 13.2 Å². The van der Waals surface area contributed by atoms with Crippen molar-refractivity contribution in [2.75, 3.05) is 7.05 Å². The molecule has 1 aromatic heterocycles. The van der Waals surface area contributed by atoms with Crippen molar-refractivity contribution >= 4 is 27.3 Å². The average molecular weight is 364 g/mol. The van der Waals surface area contributed by atoms with Crippen LogP contribution >= 0.6 is 27.3 Å². The molecule has 0 saturated heterocycles. The number of rotatable bonds is 3. The van der Waals surface area contributed by atoms with E-state index < -0.39 is 11.7 Å². The van der Waals surface area contributed by atoms with Gasteiger partial charge in [0.1, 0.15) is 0 Å². The van der Waals surface area contributed by atoms with Crippen LogP contribution < -0.4 is 5.32 Å². The molecule has 2 rings (SSSR count). The lowest BCUT2D eigenvalue weighted by atomic mass is 9.97. The molecule has 0 aliphatic heterocycles. The van der Waals surface area contributed by atoms with Gasteiger partial charge in [0, 0.05) is 9.35 Å². The number of thiophene rings is 1. The highest BCUT2D eigenvalue weighted by molar-refractivity contribution is 9.10. The molecular formula is C14H13BrF3NS. The summed E-state index contributed by atoms with van der Waals surface area (Å²) in [5, 5.41) is 5.03. The lowest BCUT2D eigenvalue weighted by molar-refractivity contribution is -0.137. The fourth-order valence-corrected chi connectivity index (χ4v) is 3.33. The Labute approximate surface area is 128 Å². The van der Waals surface area contributed by atoms with Crippen molar-refractivity contribution in [3.05, 3.63) is 55.7 Å². The maximum absolute atomic E-state index is 12.9. The molecule has 1 heterocycles. The van der Waals surface area contributed by atoms with Crippen LogP contribution in [0.2, 0.25) is 0 Å². The van der Waals surface area contributed by atoms with E-state index in [1.165, 1.54) is 12.1 Å². The summed E-state index contributed by atoms with van der Waals surface area (Å²) in [7, 11) is 1.74. The summed E-state index contributed by atoms with van der Waals surface area (Å²) >= 11 is 4.93. The van der Waals surface area contributed by atoms with E-state index in [1.54, 1.807) is 18.4 Å². The van der Waals surface area contributed by atoms with E-state index in [0.29, 0.717) is 10.0 Å². The molecule has 0 saturated carbocycles. The highest BCUT2D eigenvalue weighted by atomic mass is 79.9. The first-order valence-corrected chi connectivity index (χ1v) is 7.59. The summed E-state index contributed by atoms with van der Waals surface area (Å²) in [6.45, 7) is 1.96. The zero-order valence-electron chi connectivity index (χ0n) is 10.9. The smallest absolute Gasteiger partial charge is 0.309 e. The first-order valence-electron chi connectivity index (χ1n) is 5.92. The Kier molecular flexibility index (Phi) is 4.56. The maximum Gasteiger partial charge on any atom is 0.416 e. The number of alkyl halides is 3. The van der Waals surface area contributed by atoms with Gasteiger partial charge < -0.3 is 5.32 Å². The van der Waals surface area contributed by atoms with Gasteiger partial charge in [-0.25, -0.2) is 0 Å². The van der Waals surface area contributed by atoms with Crippen LogP contribution in [0.3, 0.4) is 0 Å². The van der Waals surface area contributed by atoms with Gasteiger partial charge in [0.25, 0.3) is 0 Å². The molecule has 108 valence electrons. The van der Waals surface area contributed by atoms with Crippen LogP contribution in [0.1, 0.15) is 27.6 Å². The van der Waals surface area contributed by atoms with Crippen LogP contribution in [0.15, 0.2) is 34.1 Å². The van der Waals surface area contributed by atoms with E-state index in [2.05, 4.69) is 21.2 Å². The summed E-state index contributed by atoms with van der Waals surface area (Å²) in [4.78, 5) is 1.09. The van der Waals surface area contributed by atoms with Gasteiger partial charge in [-0.1, -0.05) is 15.9 Å². The molecule has 0 aliphatic carbocycles. The largest absolute Gasteiger partial charge is 0.416 e. The molecule has 2 aromatic rings.